The third-order valence-corrected chi connectivity index (χ3v) is 3.87. The van der Waals surface area contributed by atoms with Gasteiger partial charge in [-0.05, 0) is 23.0 Å². The third-order valence-electron chi connectivity index (χ3n) is 2.65. The van der Waals surface area contributed by atoms with Gasteiger partial charge in [0.2, 0.25) is 0 Å². The highest BCUT2D eigenvalue weighted by atomic mass is 79.9. The molecule has 5 nitrogen and oxygen atoms in total. The smallest absolute Gasteiger partial charge is 0.0939 e. The van der Waals surface area contributed by atoms with Crippen molar-refractivity contribution in [3.8, 4) is 0 Å². The predicted octanol–water partition coefficient (Wildman–Crippen LogP) is 2.06. The summed E-state index contributed by atoms with van der Waals surface area (Å²) in [6.45, 7) is 1.36. The number of hydrogen-bond donors (Lipinski definition) is 1. The van der Waals surface area contributed by atoms with E-state index in [1.165, 1.54) is 0 Å². The number of aromatic nitrogens is 3. The van der Waals surface area contributed by atoms with E-state index >= 15 is 0 Å². The summed E-state index contributed by atoms with van der Waals surface area (Å²) in [4.78, 5) is 4.37. The summed E-state index contributed by atoms with van der Waals surface area (Å²) in [7, 11) is 3.61. The number of methoxy groups -OCH3 is 1. The summed E-state index contributed by atoms with van der Waals surface area (Å²) in [6, 6.07) is 0.0324. The Morgan fingerprint density at radius 3 is 3.06 bits per heavy atom. The average Bonchev–Trinajstić information content (AvgIpc) is 3.00. The van der Waals surface area contributed by atoms with Crippen LogP contribution in [0.5, 0.6) is 0 Å². The first-order valence-corrected chi connectivity index (χ1v) is 7.27. The monoisotopic (exact) mass is 330 g/mol. The van der Waals surface area contributed by atoms with Crippen LogP contribution in [-0.2, 0) is 11.3 Å². The molecular formula is C11H15BrN4OS. The summed E-state index contributed by atoms with van der Waals surface area (Å²) in [5.74, 6) is 0. The first kappa shape index (κ1) is 13.7. The molecular weight excluding hydrogens is 316 g/mol. The van der Waals surface area contributed by atoms with E-state index in [0.717, 1.165) is 22.4 Å². The maximum absolute atomic E-state index is 5.10. The van der Waals surface area contributed by atoms with Crippen LogP contribution in [0.1, 0.15) is 17.4 Å². The van der Waals surface area contributed by atoms with Gasteiger partial charge >= 0.3 is 0 Å². The second kappa shape index (κ2) is 6.42. The number of nitrogens with one attached hydrogen (secondary N) is 1. The highest BCUT2D eigenvalue weighted by Crippen LogP contribution is 2.28. The predicted molar refractivity (Wildman–Crippen MR) is 74.8 cm³/mol. The molecule has 2 aromatic rings. The molecule has 0 spiro atoms. The molecule has 2 heterocycles. The van der Waals surface area contributed by atoms with Gasteiger partial charge < -0.3 is 10.1 Å². The fourth-order valence-electron chi connectivity index (χ4n) is 1.80. The van der Waals surface area contributed by atoms with E-state index < -0.39 is 0 Å². The molecule has 1 N–H and O–H groups in total. The summed E-state index contributed by atoms with van der Waals surface area (Å²) in [6.07, 6.45) is 1.81. The number of rotatable bonds is 6. The van der Waals surface area contributed by atoms with Crippen molar-refractivity contribution in [3.63, 3.8) is 0 Å². The topological polar surface area (TPSA) is 52.0 Å². The summed E-state index contributed by atoms with van der Waals surface area (Å²) < 4.78 is 8.02. The molecule has 0 amide bonds. The third kappa shape index (κ3) is 2.80. The number of halogens is 1. The second-order valence-corrected chi connectivity index (χ2v) is 5.30. The maximum atomic E-state index is 5.10. The molecule has 1 atom stereocenters. The second-order valence-electron chi connectivity index (χ2n) is 3.73. The Hall–Kier alpha value is -0.760. The van der Waals surface area contributed by atoms with E-state index in [4.69, 9.17) is 4.74 Å². The molecule has 1 unspecified atom stereocenters. The molecule has 0 aliphatic carbocycles. The molecule has 0 aromatic carbocycles. The van der Waals surface area contributed by atoms with Crippen molar-refractivity contribution >= 4 is 27.3 Å². The molecule has 2 rings (SSSR count). The van der Waals surface area contributed by atoms with Crippen molar-refractivity contribution in [2.24, 2.45) is 0 Å². The van der Waals surface area contributed by atoms with Crippen LogP contribution < -0.4 is 5.32 Å². The Labute approximate surface area is 118 Å². The van der Waals surface area contributed by atoms with E-state index in [-0.39, 0.29) is 6.04 Å². The minimum Gasteiger partial charge on any atom is -0.383 e. The van der Waals surface area contributed by atoms with Gasteiger partial charge in [-0.1, -0.05) is 0 Å². The lowest BCUT2D eigenvalue weighted by molar-refractivity contribution is 0.182. The summed E-state index contributed by atoms with van der Waals surface area (Å²) in [5, 5.41) is 9.68. The number of thiazole rings is 1. The fourth-order valence-corrected chi connectivity index (χ4v) is 2.91. The van der Waals surface area contributed by atoms with Gasteiger partial charge in [-0.15, -0.1) is 11.3 Å². The Bertz CT molecular complexity index is 485. The molecule has 0 aliphatic heterocycles. The average molecular weight is 331 g/mol. The molecule has 0 radical (unpaired) electrons. The molecule has 7 heteroatoms. The van der Waals surface area contributed by atoms with Crippen molar-refractivity contribution in [1.82, 2.24) is 20.1 Å². The van der Waals surface area contributed by atoms with Crippen molar-refractivity contribution in [1.29, 1.82) is 0 Å². The zero-order valence-corrected chi connectivity index (χ0v) is 12.7. The lowest BCUT2D eigenvalue weighted by Crippen LogP contribution is -2.23. The molecule has 0 saturated carbocycles. The lowest BCUT2D eigenvalue weighted by Gasteiger charge is -2.17. The molecule has 0 fully saturated rings. The van der Waals surface area contributed by atoms with Crippen molar-refractivity contribution < 1.29 is 4.74 Å². The molecule has 0 bridgehead atoms. The summed E-state index contributed by atoms with van der Waals surface area (Å²) in [5.41, 5.74) is 3.91. The zero-order chi connectivity index (χ0) is 13.0. The van der Waals surface area contributed by atoms with Gasteiger partial charge in [0.05, 0.1) is 46.8 Å². The van der Waals surface area contributed by atoms with Crippen LogP contribution in [-0.4, -0.2) is 35.5 Å². The Morgan fingerprint density at radius 2 is 2.44 bits per heavy atom. The van der Waals surface area contributed by atoms with Gasteiger partial charge in [0.1, 0.15) is 0 Å². The maximum Gasteiger partial charge on any atom is 0.0939 e. The molecule has 18 heavy (non-hydrogen) atoms. The zero-order valence-electron chi connectivity index (χ0n) is 10.3. The standard InChI is InChI=1S/C11H15BrN4OS/c1-13-10(9-6-18-7-14-9)11-8(12)5-15-16(11)3-4-17-2/h5-7,10,13H,3-4H2,1-2H3. The summed E-state index contributed by atoms with van der Waals surface area (Å²) >= 11 is 5.14. The van der Waals surface area contributed by atoms with Crippen LogP contribution in [0, 0.1) is 0 Å². The van der Waals surface area contributed by atoms with Crippen LogP contribution in [0.4, 0.5) is 0 Å². The van der Waals surface area contributed by atoms with E-state index in [1.807, 2.05) is 28.8 Å². The number of nitrogens with zero attached hydrogens (tertiary/aromatic N) is 3. The number of hydrogen-bond acceptors (Lipinski definition) is 5. The quantitative estimate of drug-likeness (QED) is 0.880. The highest BCUT2D eigenvalue weighted by molar-refractivity contribution is 9.10. The van der Waals surface area contributed by atoms with Crippen molar-refractivity contribution in [3.05, 3.63) is 32.9 Å². The Balaban J connectivity index is 2.32. The van der Waals surface area contributed by atoms with Gasteiger partial charge in [0.25, 0.3) is 0 Å². The van der Waals surface area contributed by atoms with E-state index in [0.29, 0.717) is 6.61 Å². The van der Waals surface area contributed by atoms with Gasteiger partial charge in [0.15, 0.2) is 0 Å². The Kier molecular flexibility index (Phi) is 4.87. The molecule has 2 aromatic heterocycles. The van der Waals surface area contributed by atoms with E-state index in [9.17, 15) is 0 Å². The molecule has 0 saturated heterocycles. The van der Waals surface area contributed by atoms with Gasteiger partial charge in [-0.3, -0.25) is 4.68 Å². The molecule has 0 aliphatic rings. The minimum atomic E-state index is 0.0324. The van der Waals surface area contributed by atoms with Crippen LogP contribution in [0.2, 0.25) is 0 Å². The first-order chi connectivity index (χ1) is 8.77. The number of ether oxygens (including phenoxy) is 1. The van der Waals surface area contributed by atoms with E-state index in [2.05, 4.69) is 31.3 Å². The van der Waals surface area contributed by atoms with Gasteiger partial charge in [0, 0.05) is 12.5 Å². The highest BCUT2D eigenvalue weighted by Gasteiger charge is 2.21. The van der Waals surface area contributed by atoms with Crippen LogP contribution in [0.25, 0.3) is 0 Å². The van der Waals surface area contributed by atoms with Gasteiger partial charge in [-0.2, -0.15) is 5.10 Å². The van der Waals surface area contributed by atoms with E-state index in [1.54, 1.807) is 18.4 Å². The molecule has 98 valence electrons. The SMILES string of the molecule is CNC(c1cscn1)c1c(Br)cnn1CCOC. The van der Waals surface area contributed by atoms with Crippen LogP contribution in [0.15, 0.2) is 21.6 Å². The fraction of sp³-hybridized carbons (Fsp3) is 0.455. The van der Waals surface area contributed by atoms with Gasteiger partial charge in [-0.25, -0.2) is 4.98 Å². The van der Waals surface area contributed by atoms with Crippen molar-refractivity contribution in [2.75, 3.05) is 20.8 Å². The Morgan fingerprint density at radius 1 is 1.61 bits per heavy atom. The lowest BCUT2D eigenvalue weighted by atomic mass is 10.1. The normalized spacial score (nSPS) is 12.8. The van der Waals surface area contributed by atoms with Crippen LogP contribution in [0.3, 0.4) is 0 Å². The van der Waals surface area contributed by atoms with Crippen LogP contribution >= 0.6 is 27.3 Å². The first-order valence-electron chi connectivity index (χ1n) is 5.53. The largest absolute Gasteiger partial charge is 0.383 e. The van der Waals surface area contributed by atoms with Crippen molar-refractivity contribution in [2.45, 2.75) is 12.6 Å². The minimum absolute atomic E-state index is 0.0324.